The van der Waals surface area contributed by atoms with Gasteiger partial charge < -0.3 is 15.4 Å². The summed E-state index contributed by atoms with van der Waals surface area (Å²) in [5.74, 6) is 0. The highest BCUT2D eigenvalue weighted by Crippen LogP contribution is 2.44. The minimum absolute atomic E-state index is 0.0315. The molecule has 1 aliphatic rings. The van der Waals surface area contributed by atoms with Crippen LogP contribution in [0.3, 0.4) is 0 Å². The van der Waals surface area contributed by atoms with Gasteiger partial charge in [-0.05, 0) is 61.7 Å². The maximum Gasteiger partial charge on any atom is 0.416 e. The quantitative estimate of drug-likeness (QED) is 0.397. The van der Waals surface area contributed by atoms with E-state index in [1.165, 1.54) is 13.8 Å². The van der Waals surface area contributed by atoms with E-state index < -0.39 is 71.5 Å². The summed E-state index contributed by atoms with van der Waals surface area (Å²) in [4.78, 5) is 26.7. The van der Waals surface area contributed by atoms with E-state index in [1.807, 2.05) is 0 Å². The van der Waals surface area contributed by atoms with Crippen LogP contribution in [0.5, 0.6) is 0 Å². The molecule has 0 aromatic heterocycles. The lowest BCUT2D eigenvalue weighted by Crippen LogP contribution is -2.48. The zero-order chi connectivity index (χ0) is 29.5. The molecule has 0 bridgehead atoms. The average molecular weight is 571 g/mol. The number of hydrogen-bond acceptors (Lipinski definition) is 3. The van der Waals surface area contributed by atoms with Gasteiger partial charge in [-0.2, -0.15) is 39.5 Å². The fourth-order valence-corrected chi connectivity index (χ4v) is 4.42. The number of alkyl halides is 9. The molecule has 214 valence electrons. The van der Waals surface area contributed by atoms with Crippen molar-refractivity contribution in [3.63, 3.8) is 0 Å². The number of primary amides is 1. The number of nitrogens with zero attached hydrogens (tertiary/aromatic N) is 2. The lowest BCUT2D eigenvalue weighted by atomic mass is 9.89. The van der Waals surface area contributed by atoms with E-state index >= 15 is 0 Å². The van der Waals surface area contributed by atoms with Crippen LogP contribution < -0.4 is 10.6 Å². The summed E-state index contributed by atoms with van der Waals surface area (Å²) in [7, 11) is 0. The fourth-order valence-electron chi connectivity index (χ4n) is 4.42. The second-order valence-corrected chi connectivity index (χ2v) is 8.82. The Morgan fingerprint density at radius 1 is 0.923 bits per heavy atom. The predicted molar refractivity (Wildman–Crippen MR) is 119 cm³/mol. The molecule has 0 spiro atoms. The van der Waals surface area contributed by atoms with Crippen LogP contribution >= 0.6 is 0 Å². The highest BCUT2D eigenvalue weighted by atomic mass is 19.4. The molecule has 39 heavy (non-hydrogen) atoms. The van der Waals surface area contributed by atoms with Crippen molar-refractivity contribution in [2.45, 2.75) is 57.4 Å². The first-order chi connectivity index (χ1) is 17.8. The van der Waals surface area contributed by atoms with Crippen molar-refractivity contribution in [3.05, 3.63) is 64.2 Å². The Balaban J connectivity index is 2.15. The topological polar surface area (TPSA) is 75.9 Å². The van der Waals surface area contributed by atoms with Gasteiger partial charge in [0.1, 0.15) is 0 Å². The standard InChI is InChI=1S/C24H22F9N3O3/c1-3-39-21(38)36-12(2)6-18(17-5-4-14(10-19(17)36)22(25,26)27)35(20(34)37)11-13-7-15(23(28,29)30)9-16(8-13)24(31,32)33/h4-5,7-10,12,18H,3,6,11H2,1-2H3,(H2,34,37)/t12-,18+/m0/s1. The summed E-state index contributed by atoms with van der Waals surface area (Å²) in [5.41, 5.74) is 0.210. The number of hydrogen-bond donors (Lipinski definition) is 1. The first kappa shape index (κ1) is 29.9. The molecular weight excluding hydrogens is 549 g/mol. The van der Waals surface area contributed by atoms with Gasteiger partial charge >= 0.3 is 30.7 Å². The maximum atomic E-state index is 13.5. The minimum Gasteiger partial charge on any atom is -0.449 e. The van der Waals surface area contributed by atoms with Crippen LogP contribution in [0, 0.1) is 0 Å². The summed E-state index contributed by atoms with van der Waals surface area (Å²) in [5, 5.41) is 0. The van der Waals surface area contributed by atoms with Gasteiger partial charge in [-0.3, -0.25) is 4.90 Å². The molecule has 2 aromatic carbocycles. The minimum atomic E-state index is -5.15. The highest BCUT2D eigenvalue weighted by Gasteiger charge is 2.42. The van der Waals surface area contributed by atoms with Gasteiger partial charge in [-0.1, -0.05) is 6.07 Å². The Hall–Kier alpha value is -3.65. The Morgan fingerprint density at radius 3 is 1.92 bits per heavy atom. The number of amides is 3. The van der Waals surface area contributed by atoms with Crippen LogP contribution in [0.15, 0.2) is 36.4 Å². The first-order valence-corrected chi connectivity index (χ1v) is 11.4. The van der Waals surface area contributed by atoms with Crippen LogP contribution in [-0.2, 0) is 29.8 Å². The number of fused-ring (bicyclic) bond motifs is 1. The van der Waals surface area contributed by atoms with Crippen molar-refractivity contribution >= 4 is 17.8 Å². The summed E-state index contributed by atoms with van der Waals surface area (Å²) >= 11 is 0. The number of halogens is 9. The molecule has 6 nitrogen and oxygen atoms in total. The van der Waals surface area contributed by atoms with E-state index in [2.05, 4.69) is 0 Å². The molecule has 3 amide bonds. The number of anilines is 1. The Morgan fingerprint density at radius 2 is 1.46 bits per heavy atom. The summed E-state index contributed by atoms with van der Waals surface area (Å²) in [6, 6.07) is -0.282. The second kappa shape index (κ2) is 10.5. The highest BCUT2D eigenvalue weighted by molar-refractivity contribution is 5.90. The zero-order valence-electron chi connectivity index (χ0n) is 20.3. The molecule has 0 saturated heterocycles. The Kier molecular flexibility index (Phi) is 8.04. The smallest absolute Gasteiger partial charge is 0.416 e. The van der Waals surface area contributed by atoms with E-state index in [0.29, 0.717) is 24.3 Å². The zero-order valence-corrected chi connectivity index (χ0v) is 20.3. The van der Waals surface area contributed by atoms with Crippen LogP contribution in [0.4, 0.5) is 54.8 Å². The largest absolute Gasteiger partial charge is 0.449 e. The predicted octanol–water partition coefficient (Wildman–Crippen LogP) is 7.12. The van der Waals surface area contributed by atoms with Crippen molar-refractivity contribution in [3.8, 4) is 0 Å². The number of urea groups is 1. The lowest BCUT2D eigenvalue weighted by molar-refractivity contribution is -0.143. The summed E-state index contributed by atoms with van der Waals surface area (Å²) in [6.45, 7) is 1.96. The molecule has 15 heteroatoms. The van der Waals surface area contributed by atoms with Gasteiger partial charge in [-0.15, -0.1) is 0 Å². The van der Waals surface area contributed by atoms with Gasteiger partial charge in [0, 0.05) is 12.6 Å². The fraction of sp³-hybridized carbons (Fsp3) is 0.417. The molecule has 2 atom stereocenters. The normalized spacial score (nSPS) is 18.0. The molecule has 0 unspecified atom stereocenters. The van der Waals surface area contributed by atoms with Crippen LogP contribution in [-0.4, -0.2) is 29.7 Å². The Labute approximate surface area is 216 Å². The molecule has 0 radical (unpaired) electrons. The molecule has 2 aromatic rings. The second-order valence-electron chi connectivity index (χ2n) is 8.82. The third-order valence-electron chi connectivity index (χ3n) is 6.11. The monoisotopic (exact) mass is 571 g/mol. The van der Waals surface area contributed by atoms with Crippen molar-refractivity contribution in [2.75, 3.05) is 11.5 Å². The van der Waals surface area contributed by atoms with Crippen molar-refractivity contribution < 1.29 is 53.8 Å². The molecule has 0 saturated carbocycles. The number of carbonyl (C=O) groups is 2. The number of ether oxygens (including phenoxy) is 1. The third kappa shape index (κ3) is 6.50. The van der Waals surface area contributed by atoms with Crippen LogP contribution in [0.25, 0.3) is 0 Å². The number of carbonyl (C=O) groups excluding carboxylic acids is 2. The van der Waals surface area contributed by atoms with Crippen molar-refractivity contribution in [1.29, 1.82) is 0 Å². The summed E-state index contributed by atoms with van der Waals surface area (Å²) in [6.07, 6.45) is -16.3. The Bertz CT molecular complexity index is 1210. The molecule has 0 aliphatic carbocycles. The maximum absolute atomic E-state index is 13.5. The van der Waals surface area contributed by atoms with Gasteiger partial charge in [0.2, 0.25) is 0 Å². The van der Waals surface area contributed by atoms with Crippen molar-refractivity contribution in [2.24, 2.45) is 5.73 Å². The van der Waals surface area contributed by atoms with Gasteiger partial charge in [-0.25, -0.2) is 9.59 Å². The van der Waals surface area contributed by atoms with E-state index in [4.69, 9.17) is 10.5 Å². The molecule has 2 N–H and O–H groups in total. The van der Waals surface area contributed by atoms with E-state index in [-0.39, 0.29) is 30.3 Å². The SMILES string of the molecule is CCOC(=O)N1c2cc(C(F)(F)F)ccc2[C@H](N(Cc2cc(C(F)(F)F)cc(C(F)(F)F)c2)C(N)=O)C[C@@H]1C. The van der Waals surface area contributed by atoms with Gasteiger partial charge in [0.05, 0.1) is 35.0 Å². The van der Waals surface area contributed by atoms with Gasteiger partial charge in [0.25, 0.3) is 0 Å². The van der Waals surface area contributed by atoms with E-state index in [9.17, 15) is 49.1 Å². The molecular formula is C24H22F9N3O3. The molecule has 3 rings (SSSR count). The summed E-state index contributed by atoms with van der Waals surface area (Å²) < 4.78 is 125. The third-order valence-corrected chi connectivity index (χ3v) is 6.11. The lowest BCUT2D eigenvalue weighted by Gasteiger charge is -2.42. The van der Waals surface area contributed by atoms with E-state index in [0.717, 1.165) is 15.9 Å². The van der Waals surface area contributed by atoms with Crippen molar-refractivity contribution in [1.82, 2.24) is 4.90 Å². The molecule has 1 heterocycles. The van der Waals surface area contributed by atoms with Gasteiger partial charge in [0.15, 0.2) is 0 Å². The number of benzene rings is 2. The van der Waals surface area contributed by atoms with Crippen LogP contribution in [0.1, 0.15) is 54.1 Å². The van der Waals surface area contributed by atoms with E-state index in [1.54, 1.807) is 0 Å². The average Bonchev–Trinajstić information content (AvgIpc) is 2.79. The first-order valence-electron chi connectivity index (χ1n) is 11.4. The number of rotatable bonds is 4. The molecule has 1 aliphatic heterocycles. The van der Waals surface area contributed by atoms with Crippen LogP contribution in [0.2, 0.25) is 0 Å². The number of nitrogens with two attached hydrogens (primary N) is 1. The molecule has 0 fully saturated rings.